The SMILES string of the molecule is COc1ccc2nc(Sc3ncccc3C(C)=O)[nH]c2c1. The fraction of sp³-hybridized carbons (Fsp3) is 0.133. The largest absolute Gasteiger partial charge is 0.497 e. The van der Waals surface area contributed by atoms with Gasteiger partial charge in [0.2, 0.25) is 0 Å². The first-order valence-electron chi connectivity index (χ1n) is 6.35. The number of ketones is 1. The van der Waals surface area contributed by atoms with Crippen LogP contribution in [0.3, 0.4) is 0 Å². The Bertz CT molecular complexity index is 814. The third kappa shape index (κ3) is 2.75. The molecule has 0 saturated carbocycles. The summed E-state index contributed by atoms with van der Waals surface area (Å²) in [6.45, 7) is 1.53. The number of imidazole rings is 1. The van der Waals surface area contributed by atoms with Gasteiger partial charge in [0.1, 0.15) is 10.8 Å². The number of pyridine rings is 1. The Labute approximate surface area is 125 Å². The molecule has 1 N–H and O–H groups in total. The molecule has 0 radical (unpaired) electrons. The van der Waals surface area contributed by atoms with Gasteiger partial charge in [-0.05, 0) is 43.0 Å². The summed E-state index contributed by atoms with van der Waals surface area (Å²) in [6.07, 6.45) is 1.67. The minimum absolute atomic E-state index is 0.0108. The zero-order valence-electron chi connectivity index (χ0n) is 11.6. The summed E-state index contributed by atoms with van der Waals surface area (Å²) in [5.74, 6) is 0.758. The standard InChI is InChI=1S/C15H13N3O2S/c1-9(19)11-4-3-7-16-14(11)21-15-17-12-6-5-10(20-2)8-13(12)18-15/h3-8H,1-2H3,(H,17,18). The monoisotopic (exact) mass is 299 g/mol. The molecule has 106 valence electrons. The second kappa shape index (κ2) is 5.57. The van der Waals surface area contributed by atoms with Crippen molar-refractivity contribution in [1.82, 2.24) is 15.0 Å². The molecule has 6 heteroatoms. The van der Waals surface area contributed by atoms with Crippen molar-refractivity contribution in [3.63, 3.8) is 0 Å². The highest BCUT2D eigenvalue weighted by molar-refractivity contribution is 7.99. The van der Waals surface area contributed by atoms with Gasteiger partial charge in [0.15, 0.2) is 10.9 Å². The number of ether oxygens (including phenoxy) is 1. The van der Waals surface area contributed by atoms with E-state index in [2.05, 4.69) is 15.0 Å². The summed E-state index contributed by atoms with van der Waals surface area (Å²) in [6, 6.07) is 9.16. The van der Waals surface area contributed by atoms with Crippen LogP contribution in [0.4, 0.5) is 0 Å². The highest BCUT2D eigenvalue weighted by Gasteiger charge is 2.12. The van der Waals surface area contributed by atoms with Crippen molar-refractivity contribution < 1.29 is 9.53 Å². The zero-order valence-corrected chi connectivity index (χ0v) is 12.4. The molecule has 1 aromatic carbocycles. The van der Waals surface area contributed by atoms with Crippen LogP contribution in [0.25, 0.3) is 11.0 Å². The van der Waals surface area contributed by atoms with Crippen molar-refractivity contribution in [2.45, 2.75) is 17.1 Å². The fourth-order valence-corrected chi connectivity index (χ4v) is 2.90. The smallest absolute Gasteiger partial charge is 0.172 e. The summed E-state index contributed by atoms with van der Waals surface area (Å²) < 4.78 is 5.19. The Morgan fingerprint density at radius 3 is 2.95 bits per heavy atom. The Morgan fingerprint density at radius 1 is 1.33 bits per heavy atom. The van der Waals surface area contributed by atoms with Gasteiger partial charge in [-0.15, -0.1) is 0 Å². The molecule has 3 rings (SSSR count). The third-order valence-electron chi connectivity index (χ3n) is 3.01. The van der Waals surface area contributed by atoms with Gasteiger partial charge in [0, 0.05) is 17.8 Å². The van der Waals surface area contributed by atoms with Gasteiger partial charge in [0.25, 0.3) is 0 Å². The van der Waals surface area contributed by atoms with E-state index < -0.39 is 0 Å². The summed E-state index contributed by atoms with van der Waals surface area (Å²) in [4.78, 5) is 23.6. The quantitative estimate of drug-likeness (QED) is 0.748. The predicted molar refractivity (Wildman–Crippen MR) is 81.0 cm³/mol. The van der Waals surface area contributed by atoms with Gasteiger partial charge in [-0.3, -0.25) is 4.79 Å². The third-order valence-corrected chi connectivity index (χ3v) is 3.92. The molecule has 2 heterocycles. The topological polar surface area (TPSA) is 67.9 Å². The van der Waals surface area contributed by atoms with Crippen LogP contribution in [0.15, 0.2) is 46.7 Å². The maximum Gasteiger partial charge on any atom is 0.172 e. The first-order valence-corrected chi connectivity index (χ1v) is 7.16. The van der Waals surface area contributed by atoms with Crippen LogP contribution < -0.4 is 4.74 Å². The number of carbonyl (C=O) groups excluding carboxylic acids is 1. The van der Waals surface area contributed by atoms with Crippen LogP contribution in [0, 0.1) is 0 Å². The summed E-state index contributed by atoms with van der Waals surface area (Å²) in [5.41, 5.74) is 2.33. The second-order valence-corrected chi connectivity index (χ2v) is 5.42. The van der Waals surface area contributed by atoms with Gasteiger partial charge >= 0.3 is 0 Å². The van der Waals surface area contributed by atoms with Crippen molar-refractivity contribution in [3.8, 4) is 5.75 Å². The summed E-state index contributed by atoms with van der Waals surface area (Å²) >= 11 is 1.34. The van der Waals surface area contributed by atoms with Crippen molar-refractivity contribution in [2.75, 3.05) is 7.11 Å². The average molecular weight is 299 g/mol. The number of fused-ring (bicyclic) bond motifs is 1. The van der Waals surface area contributed by atoms with Crippen LogP contribution in [-0.4, -0.2) is 27.8 Å². The van der Waals surface area contributed by atoms with Crippen molar-refractivity contribution in [2.24, 2.45) is 0 Å². The average Bonchev–Trinajstić information content (AvgIpc) is 2.88. The van der Waals surface area contributed by atoms with E-state index >= 15 is 0 Å². The molecule has 0 atom stereocenters. The van der Waals surface area contributed by atoms with E-state index in [1.54, 1.807) is 25.4 Å². The van der Waals surface area contributed by atoms with E-state index in [1.165, 1.54) is 18.7 Å². The molecular formula is C15H13N3O2S. The molecule has 0 bridgehead atoms. The number of aromatic nitrogens is 3. The number of benzene rings is 1. The van der Waals surface area contributed by atoms with Gasteiger partial charge in [-0.2, -0.15) is 0 Å². The van der Waals surface area contributed by atoms with Crippen molar-refractivity contribution in [3.05, 3.63) is 42.1 Å². The molecule has 2 aromatic heterocycles. The van der Waals surface area contributed by atoms with Crippen LogP contribution in [0.2, 0.25) is 0 Å². The van der Waals surface area contributed by atoms with E-state index in [1.807, 2.05) is 18.2 Å². The van der Waals surface area contributed by atoms with E-state index in [0.717, 1.165) is 16.8 Å². The molecule has 0 spiro atoms. The number of nitrogens with one attached hydrogen (secondary N) is 1. The minimum atomic E-state index is -0.0108. The lowest BCUT2D eigenvalue weighted by Gasteiger charge is -2.02. The molecule has 0 aliphatic heterocycles. The van der Waals surface area contributed by atoms with Gasteiger partial charge in [-0.1, -0.05) is 0 Å². The highest BCUT2D eigenvalue weighted by atomic mass is 32.2. The number of H-pyrrole nitrogens is 1. The Morgan fingerprint density at radius 2 is 2.19 bits per heavy atom. The van der Waals surface area contributed by atoms with Gasteiger partial charge < -0.3 is 9.72 Å². The predicted octanol–water partition coefficient (Wildman–Crippen LogP) is 3.32. The first kappa shape index (κ1) is 13.6. The molecule has 0 saturated heterocycles. The van der Waals surface area contributed by atoms with Gasteiger partial charge in [0.05, 0.1) is 18.1 Å². The lowest BCUT2D eigenvalue weighted by atomic mass is 10.2. The number of hydrogen-bond donors (Lipinski definition) is 1. The molecule has 0 unspecified atom stereocenters. The number of Topliss-reactive ketones (excluding diaryl/α,β-unsaturated/α-hetero) is 1. The highest BCUT2D eigenvalue weighted by Crippen LogP contribution is 2.29. The summed E-state index contributed by atoms with van der Waals surface area (Å²) in [7, 11) is 1.63. The molecular weight excluding hydrogens is 286 g/mol. The molecule has 0 aliphatic carbocycles. The normalized spacial score (nSPS) is 10.8. The number of carbonyl (C=O) groups is 1. The first-order chi connectivity index (χ1) is 10.2. The van der Waals surface area contributed by atoms with E-state index in [4.69, 9.17) is 4.74 Å². The molecule has 5 nitrogen and oxygen atoms in total. The molecule has 3 aromatic rings. The number of hydrogen-bond acceptors (Lipinski definition) is 5. The second-order valence-electron chi connectivity index (χ2n) is 4.44. The maximum absolute atomic E-state index is 11.6. The Balaban J connectivity index is 1.97. The zero-order chi connectivity index (χ0) is 14.8. The Kier molecular flexibility index (Phi) is 3.62. The molecule has 0 fully saturated rings. The number of methoxy groups -OCH3 is 1. The lowest BCUT2D eigenvalue weighted by Crippen LogP contribution is -1.96. The van der Waals surface area contributed by atoms with Crippen molar-refractivity contribution in [1.29, 1.82) is 0 Å². The summed E-state index contributed by atoms with van der Waals surface area (Å²) in [5, 5.41) is 1.34. The number of aromatic amines is 1. The maximum atomic E-state index is 11.6. The lowest BCUT2D eigenvalue weighted by molar-refractivity contribution is 0.101. The van der Waals surface area contributed by atoms with Crippen LogP contribution in [0.1, 0.15) is 17.3 Å². The number of nitrogens with zero attached hydrogens (tertiary/aromatic N) is 2. The molecule has 0 amide bonds. The van der Waals surface area contributed by atoms with E-state index in [0.29, 0.717) is 15.7 Å². The van der Waals surface area contributed by atoms with Crippen LogP contribution in [0.5, 0.6) is 5.75 Å². The van der Waals surface area contributed by atoms with E-state index in [9.17, 15) is 4.79 Å². The molecule has 21 heavy (non-hydrogen) atoms. The van der Waals surface area contributed by atoms with Gasteiger partial charge in [-0.25, -0.2) is 9.97 Å². The molecule has 0 aliphatic rings. The van der Waals surface area contributed by atoms with E-state index in [-0.39, 0.29) is 5.78 Å². The van der Waals surface area contributed by atoms with Crippen LogP contribution >= 0.6 is 11.8 Å². The van der Waals surface area contributed by atoms with Crippen molar-refractivity contribution >= 4 is 28.6 Å². The minimum Gasteiger partial charge on any atom is -0.497 e. The Hall–Kier alpha value is -2.34. The van der Waals surface area contributed by atoms with Crippen LogP contribution in [-0.2, 0) is 0 Å². The number of rotatable bonds is 4. The fourth-order valence-electron chi connectivity index (χ4n) is 1.97.